The smallest absolute Gasteiger partial charge is 0.335 e. The number of nitrogens with zero attached hydrogens (tertiary/aromatic N) is 2. The van der Waals surface area contributed by atoms with E-state index in [4.69, 9.17) is 9.84 Å². The lowest BCUT2D eigenvalue weighted by atomic mass is 10.1. The number of carbonyl (C=O) groups excluding carboxylic acids is 1. The Morgan fingerprint density at radius 1 is 1.10 bits per heavy atom. The minimum atomic E-state index is -1.23. The number of ketones is 1. The van der Waals surface area contributed by atoms with Gasteiger partial charge in [0.15, 0.2) is 11.4 Å². The van der Waals surface area contributed by atoms with Crippen LogP contribution in [-0.4, -0.2) is 32.0 Å². The first kappa shape index (κ1) is 22.2. The third-order valence-corrected chi connectivity index (χ3v) is 4.94. The molecule has 160 valence electrons. The average molecular weight is 418 g/mol. The highest BCUT2D eigenvalue weighted by atomic mass is 16.5. The molecule has 0 spiro atoms. The van der Waals surface area contributed by atoms with E-state index in [1.807, 2.05) is 72.2 Å². The van der Waals surface area contributed by atoms with Crippen molar-refractivity contribution in [3.05, 3.63) is 95.1 Å². The summed E-state index contributed by atoms with van der Waals surface area (Å²) in [6.45, 7) is 5.78. The lowest BCUT2D eigenvalue weighted by Crippen LogP contribution is -2.34. The Morgan fingerprint density at radius 2 is 1.77 bits per heavy atom. The maximum Gasteiger partial charge on any atom is 0.335 e. The van der Waals surface area contributed by atoms with Crippen molar-refractivity contribution in [3.63, 3.8) is 0 Å². The zero-order valence-electron chi connectivity index (χ0n) is 17.9. The Hall–Kier alpha value is -3.51. The Balaban J connectivity index is 1.60. The van der Waals surface area contributed by atoms with Gasteiger partial charge in [-0.2, -0.15) is 0 Å². The Labute approximate surface area is 181 Å². The van der Waals surface area contributed by atoms with Crippen molar-refractivity contribution < 1.29 is 19.4 Å². The first-order chi connectivity index (χ1) is 14.8. The van der Waals surface area contributed by atoms with Gasteiger partial charge in [0.2, 0.25) is 5.78 Å². The molecule has 1 aromatic heterocycles. The predicted molar refractivity (Wildman–Crippen MR) is 119 cm³/mol. The van der Waals surface area contributed by atoms with Crippen LogP contribution in [0.2, 0.25) is 0 Å². The molecule has 0 saturated heterocycles. The highest BCUT2D eigenvalue weighted by molar-refractivity contribution is 6.06. The second-order valence-corrected chi connectivity index (χ2v) is 7.85. The molecule has 0 unspecified atom stereocenters. The topological polar surface area (TPSA) is 81.4 Å². The number of carbonyl (C=O) groups is 2. The summed E-state index contributed by atoms with van der Waals surface area (Å²) in [5.74, 6) is -0.694. The van der Waals surface area contributed by atoms with E-state index < -0.39 is 11.6 Å². The van der Waals surface area contributed by atoms with E-state index >= 15 is 0 Å². The number of carboxylic acid groups (broad SMARTS) is 1. The number of ether oxygens (including phenoxy) is 1. The second-order valence-electron chi connectivity index (χ2n) is 7.85. The summed E-state index contributed by atoms with van der Waals surface area (Å²) >= 11 is 0. The fourth-order valence-electron chi connectivity index (χ4n) is 2.85. The minimum Gasteiger partial charge on any atom is -0.479 e. The Bertz CT molecular complexity index is 1080. The van der Waals surface area contributed by atoms with Gasteiger partial charge >= 0.3 is 5.97 Å². The largest absolute Gasteiger partial charge is 0.479 e. The van der Waals surface area contributed by atoms with Gasteiger partial charge in [-0.05, 0) is 31.9 Å². The van der Waals surface area contributed by atoms with Crippen molar-refractivity contribution in [2.75, 3.05) is 0 Å². The highest BCUT2D eigenvalue weighted by Crippen LogP contribution is 2.15. The fraction of sp³-hybridized carbons (Fsp3) is 0.240. The normalized spacial score (nSPS) is 11.7. The molecule has 0 fully saturated rings. The van der Waals surface area contributed by atoms with Gasteiger partial charge in [-0.25, -0.2) is 9.78 Å². The van der Waals surface area contributed by atoms with Gasteiger partial charge in [0, 0.05) is 24.5 Å². The van der Waals surface area contributed by atoms with Crippen LogP contribution in [0.1, 0.15) is 46.7 Å². The number of benzene rings is 2. The lowest BCUT2D eigenvalue weighted by molar-refractivity contribution is -0.162. The maximum atomic E-state index is 12.7. The summed E-state index contributed by atoms with van der Waals surface area (Å²) in [5, 5.41) is 9.11. The zero-order chi connectivity index (χ0) is 22.4. The van der Waals surface area contributed by atoms with Crippen LogP contribution in [0, 0.1) is 6.92 Å². The quantitative estimate of drug-likeness (QED) is 0.517. The van der Waals surface area contributed by atoms with Crippen molar-refractivity contribution in [2.45, 2.75) is 39.5 Å². The number of aliphatic carboxylic acids is 1. The zero-order valence-corrected chi connectivity index (χ0v) is 17.9. The molecule has 0 aliphatic rings. The number of imidazole rings is 1. The molecule has 0 atom stereocenters. The summed E-state index contributed by atoms with van der Waals surface area (Å²) in [5.41, 5.74) is 2.38. The van der Waals surface area contributed by atoms with Crippen molar-refractivity contribution in [1.82, 2.24) is 9.55 Å². The van der Waals surface area contributed by atoms with Gasteiger partial charge in [-0.1, -0.05) is 66.2 Å². The molecule has 3 aromatic rings. The van der Waals surface area contributed by atoms with Gasteiger partial charge in [-0.3, -0.25) is 4.79 Å². The summed E-state index contributed by atoms with van der Waals surface area (Å²) in [6, 6.07) is 15.1. The van der Waals surface area contributed by atoms with Gasteiger partial charge < -0.3 is 14.4 Å². The second kappa shape index (κ2) is 9.53. The van der Waals surface area contributed by atoms with Gasteiger partial charge in [0.05, 0.1) is 6.61 Å². The van der Waals surface area contributed by atoms with Crippen LogP contribution in [0.25, 0.3) is 6.08 Å². The lowest BCUT2D eigenvalue weighted by Gasteiger charge is -2.20. The fourth-order valence-corrected chi connectivity index (χ4v) is 2.85. The van der Waals surface area contributed by atoms with Crippen LogP contribution in [0.3, 0.4) is 0 Å². The monoisotopic (exact) mass is 418 g/mol. The standard InChI is InChI=1S/C25H26N2O4/c1-18-6-12-21(13-7-18)22(28)23-26-14-16-27(23)15-4-5-19-8-10-20(11-9-19)17-31-25(2,3)24(29)30/h4-14,16H,15,17H2,1-3H3,(H,29,30)/b5-4+. The predicted octanol–water partition coefficient (Wildman–Crippen LogP) is 4.52. The number of hydrogen-bond acceptors (Lipinski definition) is 4. The van der Waals surface area contributed by atoms with Gasteiger partial charge in [0.25, 0.3) is 0 Å². The van der Waals surface area contributed by atoms with E-state index in [0.29, 0.717) is 17.9 Å². The third-order valence-electron chi connectivity index (χ3n) is 4.94. The van der Waals surface area contributed by atoms with Crippen LogP contribution in [0.5, 0.6) is 0 Å². The SMILES string of the molecule is Cc1ccc(C(=O)c2nccn2C/C=C/c2ccc(COC(C)(C)C(=O)O)cc2)cc1. The van der Waals surface area contributed by atoms with E-state index in [9.17, 15) is 9.59 Å². The van der Waals surface area contributed by atoms with Crippen LogP contribution in [0.15, 0.2) is 67.0 Å². The Kier molecular flexibility index (Phi) is 6.82. The van der Waals surface area contributed by atoms with Crippen molar-refractivity contribution >= 4 is 17.8 Å². The average Bonchev–Trinajstić information content (AvgIpc) is 3.21. The molecule has 31 heavy (non-hydrogen) atoms. The minimum absolute atomic E-state index is 0.105. The molecule has 1 N–H and O–H groups in total. The Morgan fingerprint density at radius 3 is 2.42 bits per heavy atom. The number of rotatable bonds is 9. The van der Waals surface area contributed by atoms with Crippen LogP contribution < -0.4 is 0 Å². The number of aromatic nitrogens is 2. The van der Waals surface area contributed by atoms with Crippen LogP contribution in [0.4, 0.5) is 0 Å². The van der Waals surface area contributed by atoms with E-state index in [1.54, 1.807) is 12.4 Å². The van der Waals surface area contributed by atoms with Gasteiger partial charge in [-0.15, -0.1) is 0 Å². The van der Waals surface area contributed by atoms with E-state index in [0.717, 1.165) is 16.7 Å². The summed E-state index contributed by atoms with van der Waals surface area (Å²) in [4.78, 5) is 28.1. The number of allylic oxidation sites excluding steroid dienone is 1. The van der Waals surface area contributed by atoms with E-state index in [2.05, 4.69) is 4.98 Å². The molecule has 3 rings (SSSR count). The van der Waals surface area contributed by atoms with E-state index in [1.165, 1.54) is 13.8 Å². The van der Waals surface area contributed by atoms with Crippen molar-refractivity contribution in [3.8, 4) is 0 Å². The summed E-state index contributed by atoms with van der Waals surface area (Å²) < 4.78 is 7.28. The summed E-state index contributed by atoms with van der Waals surface area (Å²) in [7, 11) is 0. The first-order valence-electron chi connectivity index (χ1n) is 10.0. The maximum absolute atomic E-state index is 12.7. The molecule has 1 heterocycles. The molecule has 0 radical (unpaired) electrons. The number of aryl methyl sites for hydroxylation is 1. The molecule has 0 bridgehead atoms. The van der Waals surface area contributed by atoms with Crippen LogP contribution >= 0.6 is 0 Å². The van der Waals surface area contributed by atoms with Crippen molar-refractivity contribution in [2.24, 2.45) is 0 Å². The number of carboxylic acids is 1. The van der Waals surface area contributed by atoms with Gasteiger partial charge in [0.1, 0.15) is 0 Å². The number of hydrogen-bond donors (Lipinski definition) is 1. The van der Waals surface area contributed by atoms with Crippen LogP contribution in [-0.2, 0) is 22.7 Å². The first-order valence-corrected chi connectivity index (χ1v) is 10.0. The molecular formula is C25H26N2O4. The molecular weight excluding hydrogens is 392 g/mol. The highest BCUT2D eigenvalue weighted by Gasteiger charge is 2.27. The molecule has 0 aliphatic carbocycles. The van der Waals surface area contributed by atoms with E-state index in [-0.39, 0.29) is 12.4 Å². The molecule has 2 aromatic carbocycles. The molecule has 6 heteroatoms. The molecule has 6 nitrogen and oxygen atoms in total. The molecule has 0 aliphatic heterocycles. The molecule has 0 saturated carbocycles. The molecule has 0 amide bonds. The third kappa shape index (κ3) is 5.77. The summed E-state index contributed by atoms with van der Waals surface area (Å²) in [6.07, 6.45) is 7.34. The van der Waals surface area contributed by atoms with Crippen molar-refractivity contribution in [1.29, 1.82) is 0 Å².